The summed E-state index contributed by atoms with van der Waals surface area (Å²) in [5, 5.41) is 0. The Bertz CT molecular complexity index is 615. The van der Waals surface area contributed by atoms with Crippen LogP contribution < -0.4 is 15.4 Å². The standard InChI is InChI=1S/C15H18N4O/c1-2-20-15-8-14(17-10-18-15)19-7-6-12-11(9-19)4-3-5-13(12)16/h3-5,8,10H,2,6-7,9,16H2,1H3. The summed E-state index contributed by atoms with van der Waals surface area (Å²) >= 11 is 0. The van der Waals surface area contributed by atoms with Gasteiger partial charge in [0.05, 0.1) is 6.61 Å². The molecule has 2 heterocycles. The maximum atomic E-state index is 6.02. The largest absolute Gasteiger partial charge is 0.478 e. The molecule has 2 aromatic rings. The second-order valence-electron chi connectivity index (χ2n) is 4.80. The minimum atomic E-state index is 0.607. The van der Waals surface area contributed by atoms with Gasteiger partial charge in [-0.05, 0) is 30.5 Å². The molecular weight excluding hydrogens is 252 g/mol. The van der Waals surface area contributed by atoms with E-state index < -0.39 is 0 Å². The molecule has 1 aliphatic rings. The zero-order chi connectivity index (χ0) is 13.9. The van der Waals surface area contributed by atoms with E-state index in [1.807, 2.05) is 25.1 Å². The van der Waals surface area contributed by atoms with Crippen molar-refractivity contribution < 1.29 is 4.74 Å². The molecule has 104 valence electrons. The number of ether oxygens (including phenoxy) is 1. The fourth-order valence-electron chi connectivity index (χ4n) is 2.56. The molecule has 1 aromatic carbocycles. The van der Waals surface area contributed by atoms with E-state index in [4.69, 9.17) is 10.5 Å². The molecule has 0 unspecified atom stereocenters. The predicted molar refractivity (Wildman–Crippen MR) is 78.8 cm³/mol. The normalized spacial score (nSPS) is 13.9. The van der Waals surface area contributed by atoms with E-state index in [-0.39, 0.29) is 0 Å². The third-order valence-electron chi connectivity index (χ3n) is 3.55. The highest BCUT2D eigenvalue weighted by atomic mass is 16.5. The lowest BCUT2D eigenvalue weighted by Crippen LogP contribution is -2.31. The molecule has 1 aliphatic heterocycles. The SMILES string of the molecule is CCOc1cc(N2CCc3c(N)cccc3C2)ncn1. The van der Waals surface area contributed by atoms with Crippen LogP contribution in [0.3, 0.4) is 0 Å². The van der Waals surface area contributed by atoms with Crippen LogP contribution in [0.5, 0.6) is 5.88 Å². The minimum absolute atomic E-state index is 0.607. The lowest BCUT2D eigenvalue weighted by Gasteiger charge is -2.30. The predicted octanol–water partition coefficient (Wildman–Crippen LogP) is 2.02. The van der Waals surface area contributed by atoms with Crippen LogP contribution in [-0.4, -0.2) is 23.1 Å². The number of aromatic nitrogens is 2. The van der Waals surface area contributed by atoms with E-state index in [9.17, 15) is 0 Å². The topological polar surface area (TPSA) is 64.3 Å². The van der Waals surface area contributed by atoms with Crippen molar-refractivity contribution in [3.63, 3.8) is 0 Å². The van der Waals surface area contributed by atoms with E-state index in [0.29, 0.717) is 12.5 Å². The highest BCUT2D eigenvalue weighted by Gasteiger charge is 2.19. The number of hydrogen-bond donors (Lipinski definition) is 1. The van der Waals surface area contributed by atoms with Crippen molar-refractivity contribution in [2.75, 3.05) is 23.8 Å². The fraction of sp³-hybridized carbons (Fsp3) is 0.333. The summed E-state index contributed by atoms with van der Waals surface area (Å²) in [6.07, 6.45) is 2.49. The van der Waals surface area contributed by atoms with Gasteiger partial charge in [0.1, 0.15) is 12.1 Å². The number of anilines is 2. The van der Waals surface area contributed by atoms with Gasteiger partial charge in [0.2, 0.25) is 5.88 Å². The number of nitrogen functional groups attached to an aromatic ring is 1. The van der Waals surface area contributed by atoms with Gasteiger partial charge in [0, 0.05) is 24.8 Å². The average Bonchev–Trinajstić information content (AvgIpc) is 2.48. The molecule has 0 atom stereocenters. The van der Waals surface area contributed by atoms with Crippen LogP contribution in [0.15, 0.2) is 30.6 Å². The third-order valence-corrected chi connectivity index (χ3v) is 3.55. The Morgan fingerprint density at radius 1 is 1.35 bits per heavy atom. The Morgan fingerprint density at radius 3 is 3.10 bits per heavy atom. The van der Waals surface area contributed by atoms with Crippen molar-refractivity contribution in [1.29, 1.82) is 0 Å². The molecule has 3 rings (SSSR count). The van der Waals surface area contributed by atoms with Crippen LogP contribution in [0.4, 0.5) is 11.5 Å². The number of fused-ring (bicyclic) bond motifs is 1. The summed E-state index contributed by atoms with van der Waals surface area (Å²) < 4.78 is 5.43. The smallest absolute Gasteiger partial charge is 0.218 e. The first kappa shape index (κ1) is 12.7. The summed E-state index contributed by atoms with van der Waals surface area (Å²) in [5.74, 6) is 1.52. The highest BCUT2D eigenvalue weighted by Crippen LogP contribution is 2.27. The molecule has 5 nitrogen and oxygen atoms in total. The lowest BCUT2D eigenvalue weighted by molar-refractivity contribution is 0.326. The molecule has 0 radical (unpaired) electrons. The maximum Gasteiger partial charge on any atom is 0.218 e. The van der Waals surface area contributed by atoms with Crippen LogP contribution >= 0.6 is 0 Å². The second kappa shape index (κ2) is 5.36. The van der Waals surface area contributed by atoms with Gasteiger partial charge in [0.25, 0.3) is 0 Å². The van der Waals surface area contributed by atoms with E-state index in [1.165, 1.54) is 11.1 Å². The monoisotopic (exact) mass is 270 g/mol. The molecule has 5 heteroatoms. The van der Waals surface area contributed by atoms with Crippen molar-refractivity contribution in [2.24, 2.45) is 0 Å². The number of benzene rings is 1. The van der Waals surface area contributed by atoms with Gasteiger partial charge >= 0.3 is 0 Å². The summed E-state index contributed by atoms with van der Waals surface area (Å²) in [6.45, 7) is 4.28. The maximum absolute atomic E-state index is 6.02. The molecule has 0 saturated heterocycles. The van der Waals surface area contributed by atoms with Crippen LogP contribution in [0, 0.1) is 0 Å². The van der Waals surface area contributed by atoms with Crippen LogP contribution in [0.2, 0.25) is 0 Å². The zero-order valence-corrected chi connectivity index (χ0v) is 11.5. The minimum Gasteiger partial charge on any atom is -0.478 e. The highest BCUT2D eigenvalue weighted by molar-refractivity contribution is 5.55. The first-order valence-corrected chi connectivity index (χ1v) is 6.84. The molecule has 0 fully saturated rings. The number of nitrogens with two attached hydrogens (primary N) is 1. The van der Waals surface area contributed by atoms with Crippen molar-refractivity contribution in [3.05, 3.63) is 41.7 Å². The first-order valence-electron chi connectivity index (χ1n) is 6.84. The van der Waals surface area contributed by atoms with Crippen molar-refractivity contribution >= 4 is 11.5 Å². The summed E-state index contributed by atoms with van der Waals surface area (Å²) in [7, 11) is 0. The van der Waals surface area contributed by atoms with Crippen LogP contribution in [0.25, 0.3) is 0 Å². The van der Waals surface area contributed by atoms with Gasteiger partial charge in [-0.15, -0.1) is 0 Å². The van der Waals surface area contributed by atoms with E-state index in [2.05, 4.69) is 20.9 Å². The number of rotatable bonds is 3. The average molecular weight is 270 g/mol. The van der Waals surface area contributed by atoms with Gasteiger partial charge in [0.15, 0.2) is 0 Å². The number of nitrogens with zero attached hydrogens (tertiary/aromatic N) is 3. The fourth-order valence-corrected chi connectivity index (χ4v) is 2.56. The Labute approximate surface area is 118 Å². The zero-order valence-electron chi connectivity index (χ0n) is 11.5. The summed E-state index contributed by atoms with van der Waals surface area (Å²) in [6, 6.07) is 7.99. The molecular formula is C15H18N4O. The van der Waals surface area contributed by atoms with Crippen LogP contribution in [0.1, 0.15) is 18.1 Å². The molecule has 0 bridgehead atoms. The van der Waals surface area contributed by atoms with Gasteiger partial charge in [-0.3, -0.25) is 0 Å². The lowest BCUT2D eigenvalue weighted by atomic mass is 9.98. The Hall–Kier alpha value is -2.30. The van der Waals surface area contributed by atoms with Gasteiger partial charge < -0.3 is 15.4 Å². The van der Waals surface area contributed by atoms with Crippen molar-refractivity contribution in [2.45, 2.75) is 19.9 Å². The van der Waals surface area contributed by atoms with Crippen molar-refractivity contribution in [3.8, 4) is 5.88 Å². The molecule has 20 heavy (non-hydrogen) atoms. The molecule has 0 amide bonds. The third kappa shape index (κ3) is 2.39. The quantitative estimate of drug-likeness (QED) is 0.864. The van der Waals surface area contributed by atoms with Gasteiger partial charge in [-0.1, -0.05) is 12.1 Å². The molecule has 0 spiro atoms. The first-order chi connectivity index (χ1) is 9.78. The van der Waals surface area contributed by atoms with Gasteiger partial charge in [-0.25, -0.2) is 9.97 Å². The summed E-state index contributed by atoms with van der Waals surface area (Å²) in [4.78, 5) is 10.7. The molecule has 0 aliphatic carbocycles. The number of hydrogen-bond acceptors (Lipinski definition) is 5. The summed E-state index contributed by atoms with van der Waals surface area (Å²) in [5.41, 5.74) is 9.45. The van der Waals surface area contributed by atoms with E-state index >= 15 is 0 Å². The van der Waals surface area contributed by atoms with E-state index in [1.54, 1.807) is 6.33 Å². The molecule has 1 aromatic heterocycles. The molecule has 2 N–H and O–H groups in total. The van der Waals surface area contributed by atoms with Crippen LogP contribution in [-0.2, 0) is 13.0 Å². The van der Waals surface area contributed by atoms with Gasteiger partial charge in [-0.2, -0.15) is 0 Å². The Balaban J connectivity index is 1.85. The van der Waals surface area contributed by atoms with E-state index in [0.717, 1.165) is 31.0 Å². The molecule has 0 saturated carbocycles. The second-order valence-corrected chi connectivity index (χ2v) is 4.80. The Morgan fingerprint density at radius 2 is 2.25 bits per heavy atom. The Kier molecular flexibility index (Phi) is 3.41. The van der Waals surface area contributed by atoms with Crippen molar-refractivity contribution in [1.82, 2.24) is 9.97 Å².